The van der Waals surface area contributed by atoms with Crippen molar-refractivity contribution in [1.82, 2.24) is 5.32 Å². The molecule has 0 aromatic rings. The Morgan fingerprint density at radius 1 is 1.33 bits per heavy atom. The number of aliphatic hydroxyl groups excluding tert-OH is 1. The lowest BCUT2D eigenvalue weighted by Crippen LogP contribution is -2.47. The predicted molar refractivity (Wildman–Crippen MR) is 56.0 cm³/mol. The number of carbonyl (C=O) groups excluding carboxylic acids is 1. The van der Waals surface area contributed by atoms with Gasteiger partial charge in [-0.25, -0.2) is 8.42 Å². The van der Waals surface area contributed by atoms with Gasteiger partial charge in [-0.2, -0.15) is 0 Å². The summed E-state index contributed by atoms with van der Waals surface area (Å²) in [6.07, 6.45) is -0.985. The maximum absolute atomic E-state index is 11.6. The monoisotopic (exact) mass is 235 g/mol. The van der Waals surface area contributed by atoms with Crippen LogP contribution in [0.3, 0.4) is 0 Å². The fourth-order valence-corrected chi connectivity index (χ4v) is 3.09. The standard InChI is InChI=1S/C9H17NO4S/c1-9(2,3)8(12)10-6-4-15(13,14)5-7(6)11/h6-7,11H,4-5H2,1-3H3,(H,10,12)/t6-,7-/m0/s1. The van der Waals surface area contributed by atoms with Crippen LogP contribution in [0.2, 0.25) is 0 Å². The van der Waals surface area contributed by atoms with Crippen LogP contribution in [0.4, 0.5) is 0 Å². The lowest BCUT2D eigenvalue weighted by atomic mass is 9.95. The molecule has 6 heteroatoms. The third kappa shape index (κ3) is 3.17. The van der Waals surface area contributed by atoms with Crippen LogP contribution in [0.15, 0.2) is 0 Å². The van der Waals surface area contributed by atoms with Crippen molar-refractivity contribution in [2.45, 2.75) is 32.9 Å². The summed E-state index contributed by atoms with van der Waals surface area (Å²) in [6.45, 7) is 5.20. The fourth-order valence-electron chi connectivity index (χ4n) is 1.35. The second-order valence-corrected chi connectivity index (χ2v) is 7.13. The summed E-state index contributed by atoms with van der Waals surface area (Å²) in [4.78, 5) is 11.6. The smallest absolute Gasteiger partial charge is 0.225 e. The first-order chi connectivity index (χ1) is 6.62. The number of carbonyl (C=O) groups is 1. The highest BCUT2D eigenvalue weighted by Gasteiger charge is 2.38. The minimum Gasteiger partial charge on any atom is -0.390 e. The number of rotatable bonds is 1. The molecule has 1 saturated heterocycles. The van der Waals surface area contributed by atoms with Crippen LogP contribution in [-0.4, -0.2) is 43.1 Å². The first-order valence-electron chi connectivity index (χ1n) is 4.81. The van der Waals surface area contributed by atoms with Gasteiger partial charge in [-0.05, 0) is 0 Å². The van der Waals surface area contributed by atoms with Crippen molar-refractivity contribution >= 4 is 15.7 Å². The van der Waals surface area contributed by atoms with Crippen LogP contribution < -0.4 is 5.32 Å². The van der Waals surface area contributed by atoms with Crippen LogP contribution in [0.5, 0.6) is 0 Å². The minimum absolute atomic E-state index is 0.171. The summed E-state index contributed by atoms with van der Waals surface area (Å²) in [5, 5.41) is 12.0. The first-order valence-corrected chi connectivity index (χ1v) is 6.63. The lowest BCUT2D eigenvalue weighted by Gasteiger charge is -2.22. The van der Waals surface area contributed by atoms with Gasteiger partial charge in [-0.15, -0.1) is 0 Å². The highest BCUT2D eigenvalue weighted by atomic mass is 32.2. The summed E-state index contributed by atoms with van der Waals surface area (Å²) >= 11 is 0. The Kier molecular flexibility index (Phi) is 3.11. The molecule has 5 nitrogen and oxygen atoms in total. The fraction of sp³-hybridized carbons (Fsp3) is 0.889. The molecule has 1 rings (SSSR count). The van der Waals surface area contributed by atoms with Gasteiger partial charge in [0.2, 0.25) is 5.91 Å². The van der Waals surface area contributed by atoms with E-state index in [-0.39, 0.29) is 17.4 Å². The largest absolute Gasteiger partial charge is 0.390 e. The van der Waals surface area contributed by atoms with Gasteiger partial charge in [-0.3, -0.25) is 4.79 Å². The molecule has 1 aliphatic rings. The zero-order valence-electron chi connectivity index (χ0n) is 9.15. The molecule has 0 spiro atoms. The summed E-state index contributed by atoms with van der Waals surface area (Å²) in [6, 6.07) is -0.665. The van der Waals surface area contributed by atoms with Gasteiger partial charge in [0, 0.05) is 5.41 Å². The minimum atomic E-state index is -3.20. The average Bonchev–Trinajstić information content (AvgIpc) is 2.22. The highest BCUT2D eigenvalue weighted by molar-refractivity contribution is 7.91. The third-order valence-electron chi connectivity index (χ3n) is 2.32. The Hall–Kier alpha value is -0.620. The molecule has 0 unspecified atom stereocenters. The van der Waals surface area contributed by atoms with Gasteiger partial charge in [0.05, 0.1) is 23.7 Å². The second-order valence-electron chi connectivity index (χ2n) is 4.97. The Morgan fingerprint density at radius 2 is 1.87 bits per heavy atom. The lowest BCUT2D eigenvalue weighted by molar-refractivity contribution is -0.129. The number of sulfone groups is 1. The Labute approximate surface area is 89.8 Å². The molecule has 1 aliphatic heterocycles. The molecule has 2 atom stereocenters. The Bertz CT molecular complexity index is 355. The van der Waals surface area contributed by atoms with Gasteiger partial charge < -0.3 is 10.4 Å². The topological polar surface area (TPSA) is 83.5 Å². The van der Waals surface area contributed by atoms with E-state index in [1.165, 1.54) is 0 Å². The molecular weight excluding hydrogens is 218 g/mol. The molecule has 0 aromatic carbocycles. The molecular formula is C9H17NO4S. The van der Waals surface area contributed by atoms with Gasteiger partial charge in [0.15, 0.2) is 9.84 Å². The van der Waals surface area contributed by atoms with E-state index in [4.69, 9.17) is 0 Å². The van der Waals surface area contributed by atoms with Crippen LogP contribution in [0.25, 0.3) is 0 Å². The summed E-state index contributed by atoms with van der Waals surface area (Å²) in [5.74, 6) is -0.679. The molecule has 1 heterocycles. The van der Waals surface area contributed by atoms with Crippen molar-refractivity contribution in [2.24, 2.45) is 5.41 Å². The van der Waals surface area contributed by atoms with E-state index >= 15 is 0 Å². The highest BCUT2D eigenvalue weighted by Crippen LogP contribution is 2.17. The summed E-state index contributed by atoms with van der Waals surface area (Å²) in [5.41, 5.74) is -0.577. The predicted octanol–water partition coefficient (Wildman–Crippen LogP) is -0.693. The van der Waals surface area contributed by atoms with Crippen molar-refractivity contribution < 1.29 is 18.3 Å². The van der Waals surface area contributed by atoms with Crippen LogP contribution >= 0.6 is 0 Å². The van der Waals surface area contributed by atoms with Gasteiger partial charge in [0.25, 0.3) is 0 Å². The van der Waals surface area contributed by atoms with Crippen LogP contribution in [0, 0.1) is 5.41 Å². The zero-order chi connectivity index (χ0) is 11.9. The van der Waals surface area contributed by atoms with Crippen LogP contribution in [0.1, 0.15) is 20.8 Å². The Morgan fingerprint density at radius 3 is 2.20 bits per heavy atom. The summed E-state index contributed by atoms with van der Waals surface area (Å²) < 4.78 is 22.3. The SMILES string of the molecule is CC(C)(C)C(=O)N[C@H]1CS(=O)(=O)C[C@@H]1O. The zero-order valence-corrected chi connectivity index (χ0v) is 9.97. The molecule has 88 valence electrons. The van der Waals surface area contributed by atoms with Crippen molar-refractivity contribution in [3.05, 3.63) is 0 Å². The molecule has 0 saturated carbocycles. The van der Waals surface area contributed by atoms with Crippen molar-refractivity contribution in [3.63, 3.8) is 0 Å². The van der Waals surface area contributed by atoms with Gasteiger partial charge in [-0.1, -0.05) is 20.8 Å². The van der Waals surface area contributed by atoms with Crippen molar-refractivity contribution in [3.8, 4) is 0 Å². The van der Waals surface area contributed by atoms with Gasteiger partial charge in [0.1, 0.15) is 0 Å². The van der Waals surface area contributed by atoms with E-state index in [1.807, 2.05) is 0 Å². The Balaban J connectivity index is 2.66. The third-order valence-corrected chi connectivity index (χ3v) is 4.04. The normalized spacial score (nSPS) is 30.1. The van der Waals surface area contributed by atoms with E-state index < -0.39 is 27.4 Å². The second kappa shape index (κ2) is 3.75. The maximum Gasteiger partial charge on any atom is 0.225 e. The first kappa shape index (κ1) is 12.4. The number of hydrogen-bond donors (Lipinski definition) is 2. The van der Waals surface area contributed by atoms with Crippen molar-refractivity contribution in [2.75, 3.05) is 11.5 Å². The number of nitrogens with one attached hydrogen (secondary N) is 1. The van der Waals surface area contributed by atoms with Crippen molar-refractivity contribution in [1.29, 1.82) is 0 Å². The molecule has 0 bridgehead atoms. The molecule has 2 N–H and O–H groups in total. The quantitative estimate of drug-likeness (QED) is 0.630. The van der Waals surface area contributed by atoms with Gasteiger partial charge >= 0.3 is 0 Å². The van der Waals surface area contributed by atoms with E-state index in [0.29, 0.717) is 0 Å². The molecule has 0 aliphatic carbocycles. The summed E-state index contributed by atoms with van der Waals surface area (Å²) in [7, 11) is -3.20. The molecule has 1 fully saturated rings. The molecule has 0 radical (unpaired) electrons. The number of hydrogen-bond acceptors (Lipinski definition) is 4. The number of amides is 1. The average molecular weight is 235 g/mol. The maximum atomic E-state index is 11.6. The van der Waals surface area contributed by atoms with E-state index in [0.717, 1.165) is 0 Å². The molecule has 15 heavy (non-hydrogen) atoms. The molecule has 0 aromatic heterocycles. The molecule has 1 amide bonds. The van der Waals surface area contributed by atoms with E-state index in [1.54, 1.807) is 20.8 Å². The van der Waals surface area contributed by atoms with Crippen LogP contribution in [-0.2, 0) is 14.6 Å². The number of aliphatic hydroxyl groups is 1. The van der Waals surface area contributed by atoms with E-state index in [2.05, 4.69) is 5.32 Å². The van der Waals surface area contributed by atoms with E-state index in [9.17, 15) is 18.3 Å².